The van der Waals surface area contributed by atoms with Gasteiger partial charge >= 0.3 is 5.97 Å². The molecule has 4 N–H and O–H groups in total. The van der Waals surface area contributed by atoms with E-state index in [0.29, 0.717) is 38.2 Å². The van der Waals surface area contributed by atoms with Crippen molar-refractivity contribution in [3.05, 3.63) is 95.6 Å². The highest BCUT2D eigenvalue weighted by Crippen LogP contribution is 2.40. The van der Waals surface area contributed by atoms with Crippen LogP contribution in [0.4, 0.5) is 11.4 Å². The van der Waals surface area contributed by atoms with Crippen molar-refractivity contribution in [2.45, 2.75) is 69.2 Å². The Morgan fingerprint density at radius 2 is 1.70 bits per heavy atom. The van der Waals surface area contributed by atoms with Crippen LogP contribution in [-0.2, 0) is 30.5 Å². The van der Waals surface area contributed by atoms with E-state index in [2.05, 4.69) is 32.6 Å². The van der Waals surface area contributed by atoms with Gasteiger partial charge in [-0.05, 0) is 54.7 Å². The third-order valence-corrected chi connectivity index (χ3v) is 9.40. The van der Waals surface area contributed by atoms with Gasteiger partial charge in [0.25, 0.3) is 0 Å². The highest BCUT2D eigenvalue weighted by atomic mass is 16.7. The molecular weight excluding hydrogens is 600 g/mol. The van der Waals surface area contributed by atoms with E-state index in [1.54, 1.807) is 6.07 Å². The van der Waals surface area contributed by atoms with Gasteiger partial charge in [-0.15, -0.1) is 0 Å². The Balaban J connectivity index is 1.15. The maximum atomic E-state index is 13.2. The molecule has 248 valence electrons. The van der Waals surface area contributed by atoms with Crippen LogP contribution in [0.25, 0.3) is 0 Å². The fraction of sp³-hybridized carbons (Fsp3) is 0.417. The molecule has 3 saturated heterocycles. The van der Waals surface area contributed by atoms with Gasteiger partial charge in [-0.3, -0.25) is 14.4 Å². The van der Waals surface area contributed by atoms with Crippen molar-refractivity contribution in [1.82, 2.24) is 10.2 Å². The summed E-state index contributed by atoms with van der Waals surface area (Å²) in [5, 5.41) is 24.4. The van der Waals surface area contributed by atoms with Crippen molar-refractivity contribution < 1.29 is 34.1 Å². The number of amides is 2. The Morgan fingerprint density at radius 3 is 2.43 bits per heavy atom. The van der Waals surface area contributed by atoms with E-state index in [4.69, 9.17) is 14.6 Å². The first-order valence-corrected chi connectivity index (χ1v) is 16.3. The molecule has 0 bridgehead atoms. The minimum atomic E-state index is -0.927. The minimum absolute atomic E-state index is 0.0365. The number of aliphatic hydroxyl groups excluding tert-OH is 1. The first-order chi connectivity index (χ1) is 22.8. The van der Waals surface area contributed by atoms with Gasteiger partial charge in [-0.25, -0.2) is 0 Å². The van der Waals surface area contributed by atoms with Crippen molar-refractivity contribution in [2.24, 2.45) is 0 Å². The number of likely N-dealkylation sites (tertiary alicyclic amines) is 1. The summed E-state index contributed by atoms with van der Waals surface area (Å²) < 4.78 is 13.1. The maximum Gasteiger partial charge on any atom is 0.303 e. The van der Waals surface area contributed by atoms with Gasteiger partial charge in [-0.1, -0.05) is 54.6 Å². The Hall–Kier alpha value is -4.29. The van der Waals surface area contributed by atoms with Gasteiger partial charge in [0, 0.05) is 55.8 Å². The average molecular weight is 643 g/mol. The molecule has 0 aromatic heterocycles. The lowest BCUT2D eigenvalue weighted by Crippen LogP contribution is -2.57. The SMILES string of the molecule is O=C(O)CCCC(=O)Nc1cccc([C@@H]2O[C@H](CN3CCC4(CC3)C(=O)NCN4c3ccccc3)C[C@H](c3ccc(CO)cc3)O2)c1. The lowest BCUT2D eigenvalue weighted by Gasteiger charge is -2.45. The molecular formula is C36H42N4O7. The number of nitrogens with one attached hydrogen (secondary N) is 2. The number of para-hydroxylation sites is 1. The van der Waals surface area contributed by atoms with Crippen LogP contribution in [0.15, 0.2) is 78.9 Å². The van der Waals surface area contributed by atoms with Crippen molar-refractivity contribution in [3.8, 4) is 0 Å². The molecule has 11 heteroatoms. The first kappa shape index (κ1) is 32.6. The normalized spacial score (nSPS) is 22.6. The number of hydrogen-bond acceptors (Lipinski definition) is 8. The van der Waals surface area contributed by atoms with E-state index in [0.717, 1.165) is 35.5 Å². The molecule has 3 fully saturated rings. The highest BCUT2D eigenvalue weighted by Gasteiger charge is 2.50. The Labute approximate surface area is 274 Å². The minimum Gasteiger partial charge on any atom is -0.481 e. The molecule has 3 aromatic carbocycles. The van der Waals surface area contributed by atoms with Crippen molar-refractivity contribution >= 4 is 29.2 Å². The van der Waals surface area contributed by atoms with Crippen LogP contribution in [0.1, 0.15) is 67.6 Å². The largest absolute Gasteiger partial charge is 0.481 e. The zero-order valence-electron chi connectivity index (χ0n) is 26.3. The highest BCUT2D eigenvalue weighted by molar-refractivity contribution is 5.93. The Kier molecular flexibility index (Phi) is 10.2. The monoisotopic (exact) mass is 642 g/mol. The van der Waals surface area contributed by atoms with Crippen LogP contribution in [0.3, 0.4) is 0 Å². The number of hydrogen-bond donors (Lipinski definition) is 4. The smallest absolute Gasteiger partial charge is 0.303 e. The molecule has 0 radical (unpaired) electrons. The quantitative estimate of drug-likeness (QED) is 0.240. The first-order valence-electron chi connectivity index (χ1n) is 16.3. The van der Waals surface area contributed by atoms with Gasteiger partial charge in [0.05, 0.1) is 25.5 Å². The number of carboxylic acid groups (broad SMARTS) is 1. The van der Waals surface area contributed by atoms with Crippen LogP contribution in [0, 0.1) is 0 Å². The number of ether oxygens (including phenoxy) is 2. The van der Waals surface area contributed by atoms with Crippen LogP contribution in [-0.4, -0.2) is 70.8 Å². The molecule has 3 aromatic rings. The molecule has 2 amide bonds. The Morgan fingerprint density at radius 1 is 0.936 bits per heavy atom. The van der Waals surface area contributed by atoms with E-state index in [9.17, 15) is 19.5 Å². The number of carbonyl (C=O) groups excluding carboxylic acids is 2. The van der Waals surface area contributed by atoms with E-state index >= 15 is 0 Å². The molecule has 0 unspecified atom stereocenters. The van der Waals surface area contributed by atoms with Crippen molar-refractivity contribution in [2.75, 3.05) is 36.5 Å². The lowest BCUT2D eigenvalue weighted by molar-refractivity contribution is -0.253. The van der Waals surface area contributed by atoms with Gasteiger partial charge in [0.1, 0.15) is 5.54 Å². The van der Waals surface area contributed by atoms with Crippen LogP contribution >= 0.6 is 0 Å². The molecule has 1 spiro atoms. The summed E-state index contributed by atoms with van der Waals surface area (Å²) in [6.07, 6.45) is 1.26. The summed E-state index contributed by atoms with van der Waals surface area (Å²) in [6.45, 7) is 2.65. The predicted octanol–water partition coefficient (Wildman–Crippen LogP) is 4.35. The predicted molar refractivity (Wildman–Crippen MR) is 175 cm³/mol. The number of piperidine rings is 1. The molecule has 0 aliphatic carbocycles. The van der Waals surface area contributed by atoms with Crippen molar-refractivity contribution in [1.29, 1.82) is 0 Å². The molecule has 47 heavy (non-hydrogen) atoms. The number of aliphatic hydroxyl groups is 1. The fourth-order valence-electron chi connectivity index (χ4n) is 6.85. The summed E-state index contributed by atoms with van der Waals surface area (Å²) >= 11 is 0. The lowest BCUT2D eigenvalue weighted by atomic mass is 9.85. The Bertz CT molecular complexity index is 1540. The van der Waals surface area contributed by atoms with E-state index in [-0.39, 0.29) is 49.9 Å². The molecule has 0 saturated carbocycles. The molecule has 3 aliphatic rings. The summed E-state index contributed by atoms with van der Waals surface area (Å²) in [5.74, 6) is -1.09. The third-order valence-electron chi connectivity index (χ3n) is 9.40. The molecule has 6 rings (SSSR count). The van der Waals surface area contributed by atoms with E-state index in [1.165, 1.54) is 0 Å². The van der Waals surface area contributed by atoms with Gasteiger partial charge in [0.15, 0.2) is 6.29 Å². The summed E-state index contributed by atoms with van der Waals surface area (Å²) in [6, 6.07) is 25.2. The fourth-order valence-corrected chi connectivity index (χ4v) is 6.85. The van der Waals surface area contributed by atoms with Gasteiger partial charge < -0.3 is 40.1 Å². The number of nitrogens with zero attached hydrogens (tertiary/aromatic N) is 2. The third kappa shape index (κ3) is 7.65. The van der Waals surface area contributed by atoms with Crippen LogP contribution < -0.4 is 15.5 Å². The number of carboxylic acids is 1. The number of aliphatic carboxylic acids is 1. The van der Waals surface area contributed by atoms with Gasteiger partial charge in [-0.2, -0.15) is 0 Å². The number of anilines is 2. The summed E-state index contributed by atoms with van der Waals surface area (Å²) in [5.41, 5.74) is 3.63. The van der Waals surface area contributed by atoms with Crippen molar-refractivity contribution in [3.63, 3.8) is 0 Å². The molecule has 3 aliphatic heterocycles. The van der Waals surface area contributed by atoms with E-state index < -0.39 is 17.8 Å². The van der Waals surface area contributed by atoms with E-state index in [1.807, 2.05) is 60.7 Å². The number of carbonyl (C=O) groups is 3. The molecule has 11 nitrogen and oxygen atoms in total. The van der Waals surface area contributed by atoms with Crippen LogP contribution in [0.5, 0.6) is 0 Å². The molecule has 3 atom stereocenters. The van der Waals surface area contributed by atoms with Crippen LogP contribution in [0.2, 0.25) is 0 Å². The second kappa shape index (κ2) is 14.6. The molecule has 3 heterocycles. The second-order valence-electron chi connectivity index (χ2n) is 12.5. The summed E-state index contributed by atoms with van der Waals surface area (Å²) in [4.78, 5) is 41.0. The standard InChI is InChI=1S/C36H42N4O7/c41-23-25-12-14-26(15-13-25)31-21-30(46-34(47-31)27-6-4-7-28(20-27)38-32(42)10-5-11-33(43)44)22-39-18-16-36(17-19-39)35(45)37-24-40(36)29-8-2-1-3-9-29/h1-4,6-9,12-15,20,30-31,34,41H,5,10-11,16-19,21-24H2,(H,37,45)(H,38,42)(H,43,44)/t30-,31+,34+/m0/s1. The zero-order chi connectivity index (χ0) is 32.8. The number of rotatable bonds is 11. The number of benzene rings is 3. The average Bonchev–Trinajstić information content (AvgIpc) is 3.40. The second-order valence-corrected chi connectivity index (χ2v) is 12.5. The maximum absolute atomic E-state index is 13.2. The van der Waals surface area contributed by atoms with Gasteiger partial charge in [0.2, 0.25) is 11.8 Å². The summed E-state index contributed by atoms with van der Waals surface area (Å²) in [7, 11) is 0. The topological polar surface area (TPSA) is 141 Å². The zero-order valence-corrected chi connectivity index (χ0v) is 26.3.